The number of nitrogens with one attached hydrogen (secondary N) is 1. The van der Waals surface area contributed by atoms with E-state index in [2.05, 4.69) is 42.4 Å². The molecule has 170 valence electrons. The highest BCUT2D eigenvalue weighted by Crippen LogP contribution is 2.23. The lowest BCUT2D eigenvalue weighted by molar-refractivity contribution is -0.123. The van der Waals surface area contributed by atoms with Gasteiger partial charge in [-0.25, -0.2) is 10.2 Å². The van der Waals surface area contributed by atoms with E-state index in [1.807, 2.05) is 42.5 Å². The van der Waals surface area contributed by atoms with Crippen molar-refractivity contribution in [2.24, 2.45) is 5.10 Å². The fraction of sp³-hybridized carbons (Fsp3) is 0.0385. The number of benzene rings is 4. The molecule has 0 fully saturated rings. The van der Waals surface area contributed by atoms with Crippen LogP contribution < -0.4 is 14.9 Å². The summed E-state index contributed by atoms with van der Waals surface area (Å²) in [6, 6.07) is 25.5. The molecule has 0 unspecified atom stereocenters. The number of esters is 1. The summed E-state index contributed by atoms with van der Waals surface area (Å²) in [6.07, 6.45) is 1.41. The standard InChI is InChI=1S/C26H18Br2N2O4/c27-21-8-5-18(6-9-21)26(32)34-24-12-10-22(28)13-20(24)15-29-30-25(31)16-33-23-11-7-17-3-1-2-4-19(17)14-23/h1-15H,16H2,(H,30,31)/b29-15+. The first kappa shape index (κ1) is 23.7. The molecule has 0 aliphatic rings. The number of halogens is 2. The van der Waals surface area contributed by atoms with Gasteiger partial charge in [0.2, 0.25) is 0 Å². The zero-order chi connectivity index (χ0) is 23.9. The van der Waals surface area contributed by atoms with E-state index in [4.69, 9.17) is 9.47 Å². The zero-order valence-corrected chi connectivity index (χ0v) is 20.9. The van der Waals surface area contributed by atoms with Crippen LogP contribution in [-0.4, -0.2) is 24.7 Å². The highest BCUT2D eigenvalue weighted by Gasteiger charge is 2.12. The minimum atomic E-state index is -0.503. The Bertz CT molecular complexity index is 1370. The molecule has 4 aromatic rings. The van der Waals surface area contributed by atoms with Crippen LogP contribution in [-0.2, 0) is 4.79 Å². The monoisotopic (exact) mass is 580 g/mol. The molecule has 0 aliphatic heterocycles. The molecule has 0 saturated heterocycles. The van der Waals surface area contributed by atoms with Gasteiger partial charge < -0.3 is 9.47 Å². The molecule has 0 spiro atoms. The van der Waals surface area contributed by atoms with Gasteiger partial charge in [0, 0.05) is 14.5 Å². The third kappa shape index (κ3) is 6.30. The summed E-state index contributed by atoms with van der Waals surface area (Å²) < 4.78 is 12.7. The normalized spacial score (nSPS) is 10.9. The van der Waals surface area contributed by atoms with Gasteiger partial charge in [-0.2, -0.15) is 5.10 Å². The Kier molecular flexibility index (Phi) is 7.72. The highest BCUT2D eigenvalue weighted by molar-refractivity contribution is 9.10. The summed E-state index contributed by atoms with van der Waals surface area (Å²) in [5, 5.41) is 6.09. The molecule has 8 heteroatoms. The Morgan fingerprint density at radius 3 is 2.38 bits per heavy atom. The van der Waals surface area contributed by atoms with Crippen molar-refractivity contribution in [3.8, 4) is 11.5 Å². The minimum Gasteiger partial charge on any atom is -0.484 e. The van der Waals surface area contributed by atoms with Gasteiger partial charge in [0.1, 0.15) is 11.5 Å². The number of nitrogens with zero attached hydrogens (tertiary/aromatic N) is 1. The third-order valence-corrected chi connectivity index (χ3v) is 5.76. The average Bonchev–Trinajstić information content (AvgIpc) is 2.84. The Morgan fingerprint density at radius 2 is 1.59 bits per heavy atom. The first-order valence-corrected chi connectivity index (χ1v) is 11.8. The van der Waals surface area contributed by atoms with Gasteiger partial charge >= 0.3 is 5.97 Å². The van der Waals surface area contributed by atoms with Crippen LogP contribution in [0.2, 0.25) is 0 Å². The number of fused-ring (bicyclic) bond motifs is 1. The first-order valence-electron chi connectivity index (χ1n) is 10.2. The molecule has 0 aliphatic carbocycles. The Morgan fingerprint density at radius 1 is 0.853 bits per heavy atom. The van der Waals surface area contributed by atoms with Crippen molar-refractivity contribution in [3.05, 3.63) is 105 Å². The van der Waals surface area contributed by atoms with Gasteiger partial charge in [-0.1, -0.05) is 62.2 Å². The predicted molar refractivity (Wildman–Crippen MR) is 138 cm³/mol. The lowest BCUT2D eigenvalue weighted by atomic mass is 10.1. The van der Waals surface area contributed by atoms with E-state index >= 15 is 0 Å². The number of carbonyl (C=O) groups is 2. The molecule has 0 saturated carbocycles. The molecule has 0 bridgehead atoms. The number of hydrogen-bond donors (Lipinski definition) is 1. The summed E-state index contributed by atoms with van der Waals surface area (Å²) in [4.78, 5) is 24.6. The van der Waals surface area contributed by atoms with E-state index in [1.165, 1.54) is 6.21 Å². The molecule has 1 N–H and O–H groups in total. The van der Waals surface area contributed by atoms with Gasteiger partial charge in [0.05, 0.1) is 11.8 Å². The molecule has 0 aromatic heterocycles. The number of carbonyl (C=O) groups excluding carboxylic acids is 2. The summed E-state index contributed by atoms with van der Waals surface area (Å²) in [7, 11) is 0. The smallest absolute Gasteiger partial charge is 0.343 e. The molecule has 4 aromatic carbocycles. The van der Waals surface area contributed by atoms with Crippen LogP contribution in [0.4, 0.5) is 0 Å². The fourth-order valence-electron chi connectivity index (χ4n) is 3.07. The maximum Gasteiger partial charge on any atom is 0.343 e. The molecule has 0 heterocycles. The van der Waals surface area contributed by atoms with E-state index < -0.39 is 11.9 Å². The Labute approximate surface area is 212 Å². The second kappa shape index (κ2) is 11.1. The van der Waals surface area contributed by atoms with Crippen molar-refractivity contribution in [2.75, 3.05) is 6.61 Å². The molecule has 4 rings (SSSR count). The molecule has 34 heavy (non-hydrogen) atoms. The highest BCUT2D eigenvalue weighted by atomic mass is 79.9. The van der Waals surface area contributed by atoms with Crippen molar-refractivity contribution in [3.63, 3.8) is 0 Å². The van der Waals surface area contributed by atoms with Crippen LogP contribution >= 0.6 is 31.9 Å². The van der Waals surface area contributed by atoms with Gasteiger partial charge in [-0.05, 0) is 65.4 Å². The molecular formula is C26H18Br2N2O4. The molecule has 6 nitrogen and oxygen atoms in total. The number of rotatable bonds is 7. The summed E-state index contributed by atoms with van der Waals surface area (Å²) in [6.45, 7) is -0.195. The van der Waals surface area contributed by atoms with Crippen molar-refractivity contribution in [2.45, 2.75) is 0 Å². The maximum absolute atomic E-state index is 12.5. The van der Waals surface area contributed by atoms with Gasteiger partial charge in [-0.3, -0.25) is 4.79 Å². The second-order valence-electron chi connectivity index (χ2n) is 7.17. The van der Waals surface area contributed by atoms with E-state index in [9.17, 15) is 9.59 Å². The number of ether oxygens (including phenoxy) is 2. The first-order chi connectivity index (χ1) is 16.5. The van der Waals surface area contributed by atoms with Crippen LogP contribution in [0, 0.1) is 0 Å². The topological polar surface area (TPSA) is 77.0 Å². The Balaban J connectivity index is 1.36. The average molecular weight is 582 g/mol. The molecule has 1 amide bonds. The van der Waals surface area contributed by atoms with E-state index in [0.29, 0.717) is 22.6 Å². The van der Waals surface area contributed by atoms with E-state index in [0.717, 1.165) is 19.7 Å². The van der Waals surface area contributed by atoms with Gasteiger partial charge in [0.25, 0.3) is 5.91 Å². The third-order valence-electron chi connectivity index (χ3n) is 4.74. The summed E-state index contributed by atoms with van der Waals surface area (Å²) in [5.74, 6) is -0.0291. The van der Waals surface area contributed by atoms with Crippen molar-refractivity contribution in [1.82, 2.24) is 5.43 Å². The molecular weight excluding hydrogens is 564 g/mol. The summed E-state index contributed by atoms with van der Waals surface area (Å²) in [5.41, 5.74) is 3.34. The Hall–Kier alpha value is -3.49. The van der Waals surface area contributed by atoms with E-state index in [-0.39, 0.29) is 6.61 Å². The second-order valence-corrected chi connectivity index (χ2v) is 9.00. The summed E-state index contributed by atoms with van der Waals surface area (Å²) >= 11 is 6.73. The molecule has 0 radical (unpaired) electrons. The van der Waals surface area contributed by atoms with Crippen LogP contribution in [0.1, 0.15) is 15.9 Å². The maximum atomic E-state index is 12.5. The van der Waals surface area contributed by atoms with Gasteiger partial charge in [-0.15, -0.1) is 0 Å². The predicted octanol–water partition coefficient (Wildman–Crippen LogP) is 6.11. The number of hydrogen-bond acceptors (Lipinski definition) is 5. The van der Waals surface area contributed by atoms with Crippen LogP contribution in [0.25, 0.3) is 10.8 Å². The van der Waals surface area contributed by atoms with Crippen LogP contribution in [0.3, 0.4) is 0 Å². The number of amides is 1. The van der Waals surface area contributed by atoms with Crippen molar-refractivity contribution >= 4 is 60.7 Å². The quantitative estimate of drug-likeness (QED) is 0.124. The largest absolute Gasteiger partial charge is 0.484 e. The fourth-order valence-corrected chi connectivity index (χ4v) is 3.71. The lowest BCUT2D eigenvalue weighted by Gasteiger charge is -2.08. The van der Waals surface area contributed by atoms with E-state index in [1.54, 1.807) is 42.5 Å². The number of hydrazone groups is 1. The SMILES string of the molecule is O=C(COc1ccc2ccccc2c1)N/N=C/c1cc(Br)ccc1OC(=O)c1ccc(Br)cc1. The van der Waals surface area contributed by atoms with Crippen LogP contribution in [0.5, 0.6) is 11.5 Å². The minimum absolute atomic E-state index is 0.195. The van der Waals surface area contributed by atoms with Crippen LogP contribution in [0.15, 0.2) is 99.0 Å². The zero-order valence-electron chi connectivity index (χ0n) is 17.7. The molecule has 0 atom stereocenters. The lowest BCUT2D eigenvalue weighted by Crippen LogP contribution is -2.24. The van der Waals surface area contributed by atoms with Gasteiger partial charge in [0.15, 0.2) is 6.61 Å². The van der Waals surface area contributed by atoms with Crippen molar-refractivity contribution < 1.29 is 19.1 Å². The van der Waals surface area contributed by atoms with Crippen molar-refractivity contribution in [1.29, 1.82) is 0 Å².